The quantitative estimate of drug-likeness (QED) is 0.801. The summed E-state index contributed by atoms with van der Waals surface area (Å²) in [5.41, 5.74) is 0.123. The van der Waals surface area contributed by atoms with E-state index in [0.717, 1.165) is 17.1 Å². The molecule has 0 aliphatic rings. The Morgan fingerprint density at radius 2 is 2.14 bits per heavy atom. The van der Waals surface area contributed by atoms with Crippen molar-refractivity contribution in [2.24, 2.45) is 0 Å². The maximum Gasteiger partial charge on any atom is 0.416 e. The van der Waals surface area contributed by atoms with E-state index >= 15 is 0 Å². The molecule has 1 aromatic carbocycles. The van der Waals surface area contributed by atoms with Crippen molar-refractivity contribution in [3.63, 3.8) is 0 Å². The number of fused-ring (bicyclic) bond motifs is 1. The zero-order chi connectivity index (χ0) is 15.0. The average molecular weight is 312 g/mol. The summed E-state index contributed by atoms with van der Waals surface area (Å²) in [6.45, 7) is 0. The highest BCUT2D eigenvalue weighted by atomic mass is 32.1. The number of aliphatic hydroxyl groups is 1. The third-order valence-electron chi connectivity index (χ3n) is 3.14. The topological polar surface area (TPSA) is 37.5 Å². The Morgan fingerprint density at radius 3 is 2.86 bits per heavy atom. The molecule has 21 heavy (non-hydrogen) atoms. The van der Waals surface area contributed by atoms with Crippen LogP contribution in [0.25, 0.3) is 4.96 Å². The Kier molecular flexibility index (Phi) is 3.46. The van der Waals surface area contributed by atoms with Crippen molar-refractivity contribution >= 4 is 16.3 Å². The summed E-state index contributed by atoms with van der Waals surface area (Å²) in [6, 6.07) is 4.75. The molecular formula is C14H11F3N2OS. The molecule has 0 radical (unpaired) electrons. The molecule has 0 fully saturated rings. The van der Waals surface area contributed by atoms with Crippen molar-refractivity contribution in [1.82, 2.24) is 9.38 Å². The number of aromatic nitrogens is 2. The van der Waals surface area contributed by atoms with Crippen LogP contribution in [0.2, 0.25) is 0 Å². The van der Waals surface area contributed by atoms with Gasteiger partial charge in [-0.3, -0.25) is 4.40 Å². The van der Waals surface area contributed by atoms with Crippen LogP contribution in [-0.2, 0) is 12.6 Å². The minimum absolute atomic E-state index is 0.176. The van der Waals surface area contributed by atoms with Crippen LogP contribution in [-0.4, -0.2) is 14.5 Å². The second-order valence-corrected chi connectivity index (χ2v) is 5.54. The SMILES string of the molecule is OC(Cc1cn2ccsc2n1)c1cccc(C(F)(F)F)c1. The first-order chi connectivity index (χ1) is 9.93. The molecule has 2 aromatic heterocycles. The van der Waals surface area contributed by atoms with Crippen molar-refractivity contribution in [3.05, 3.63) is 58.9 Å². The first kappa shape index (κ1) is 14.1. The van der Waals surface area contributed by atoms with Gasteiger partial charge >= 0.3 is 6.18 Å². The maximum absolute atomic E-state index is 12.7. The standard InChI is InChI=1S/C14H11F3N2OS/c15-14(16,17)10-3-1-2-9(6-10)12(20)7-11-8-19-4-5-21-13(19)18-11/h1-6,8,12,20H,7H2. The highest BCUT2D eigenvalue weighted by Gasteiger charge is 2.30. The minimum atomic E-state index is -4.41. The number of hydrogen-bond donors (Lipinski definition) is 1. The van der Waals surface area contributed by atoms with Gasteiger partial charge in [0.05, 0.1) is 17.4 Å². The van der Waals surface area contributed by atoms with Crippen LogP contribution in [0.4, 0.5) is 13.2 Å². The van der Waals surface area contributed by atoms with Crippen LogP contribution in [0.15, 0.2) is 42.0 Å². The van der Waals surface area contributed by atoms with Gasteiger partial charge < -0.3 is 5.11 Å². The number of imidazole rings is 1. The Bertz CT molecular complexity index is 734. The molecule has 0 saturated heterocycles. The maximum atomic E-state index is 12.7. The van der Waals surface area contributed by atoms with Crippen LogP contribution in [0.5, 0.6) is 0 Å². The average Bonchev–Trinajstić information content (AvgIpc) is 2.98. The normalized spacial score (nSPS) is 13.7. The first-order valence-electron chi connectivity index (χ1n) is 6.20. The van der Waals surface area contributed by atoms with Crippen molar-refractivity contribution in [3.8, 4) is 0 Å². The summed E-state index contributed by atoms with van der Waals surface area (Å²) in [5.74, 6) is 0. The van der Waals surface area contributed by atoms with Crippen LogP contribution in [0.3, 0.4) is 0 Å². The lowest BCUT2D eigenvalue weighted by Gasteiger charge is -2.12. The molecule has 0 saturated carbocycles. The zero-order valence-corrected chi connectivity index (χ0v) is 11.5. The molecule has 0 aliphatic carbocycles. The molecule has 1 unspecified atom stereocenters. The summed E-state index contributed by atoms with van der Waals surface area (Å²) in [5, 5.41) is 12.0. The van der Waals surface area contributed by atoms with Gasteiger partial charge in [-0.25, -0.2) is 4.98 Å². The van der Waals surface area contributed by atoms with Crippen molar-refractivity contribution in [1.29, 1.82) is 0 Å². The van der Waals surface area contributed by atoms with Gasteiger partial charge in [0.15, 0.2) is 4.96 Å². The van der Waals surface area contributed by atoms with E-state index in [1.165, 1.54) is 23.5 Å². The number of rotatable bonds is 3. The van der Waals surface area contributed by atoms with Crippen molar-refractivity contribution in [2.75, 3.05) is 0 Å². The third-order valence-corrected chi connectivity index (χ3v) is 3.92. The van der Waals surface area contributed by atoms with Crippen molar-refractivity contribution < 1.29 is 18.3 Å². The molecule has 1 N–H and O–H groups in total. The van der Waals surface area contributed by atoms with E-state index < -0.39 is 17.8 Å². The summed E-state index contributed by atoms with van der Waals surface area (Å²) < 4.78 is 39.8. The van der Waals surface area contributed by atoms with E-state index in [2.05, 4.69) is 4.98 Å². The molecule has 1 atom stereocenters. The van der Waals surface area contributed by atoms with Crippen LogP contribution >= 0.6 is 11.3 Å². The number of benzene rings is 1. The van der Waals surface area contributed by atoms with E-state index in [1.807, 2.05) is 16.0 Å². The third kappa shape index (κ3) is 2.93. The molecule has 3 rings (SSSR count). The highest BCUT2D eigenvalue weighted by molar-refractivity contribution is 7.15. The van der Waals surface area contributed by atoms with Gasteiger partial charge in [-0.2, -0.15) is 13.2 Å². The van der Waals surface area contributed by atoms with E-state index in [4.69, 9.17) is 0 Å². The lowest BCUT2D eigenvalue weighted by Crippen LogP contribution is -2.08. The molecule has 0 aliphatic heterocycles. The molecule has 3 aromatic rings. The molecule has 2 heterocycles. The smallest absolute Gasteiger partial charge is 0.388 e. The summed E-state index contributed by atoms with van der Waals surface area (Å²) in [6.07, 6.45) is -1.64. The molecular weight excluding hydrogens is 301 g/mol. The Hall–Kier alpha value is -1.86. The molecule has 7 heteroatoms. The molecule has 3 nitrogen and oxygen atoms in total. The lowest BCUT2D eigenvalue weighted by molar-refractivity contribution is -0.137. The monoisotopic (exact) mass is 312 g/mol. The van der Waals surface area contributed by atoms with Gasteiger partial charge in [0.2, 0.25) is 0 Å². The highest BCUT2D eigenvalue weighted by Crippen LogP contribution is 2.31. The predicted octanol–water partition coefficient (Wildman–Crippen LogP) is 3.69. The van der Waals surface area contributed by atoms with E-state index in [9.17, 15) is 18.3 Å². The van der Waals surface area contributed by atoms with Gasteiger partial charge in [0.25, 0.3) is 0 Å². The fourth-order valence-electron chi connectivity index (χ4n) is 2.11. The lowest BCUT2D eigenvalue weighted by atomic mass is 10.0. The largest absolute Gasteiger partial charge is 0.416 e. The van der Waals surface area contributed by atoms with E-state index in [1.54, 1.807) is 6.20 Å². The summed E-state index contributed by atoms with van der Waals surface area (Å²) in [7, 11) is 0. The van der Waals surface area contributed by atoms with Crippen LogP contribution < -0.4 is 0 Å². The van der Waals surface area contributed by atoms with Gasteiger partial charge in [-0.15, -0.1) is 11.3 Å². The van der Waals surface area contributed by atoms with Crippen LogP contribution in [0, 0.1) is 0 Å². The molecule has 0 spiro atoms. The number of halogens is 3. The number of nitrogens with zero attached hydrogens (tertiary/aromatic N) is 2. The number of hydrogen-bond acceptors (Lipinski definition) is 3. The van der Waals surface area contributed by atoms with E-state index in [-0.39, 0.29) is 12.0 Å². The second-order valence-electron chi connectivity index (χ2n) is 4.67. The molecule has 0 amide bonds. The summed E-state index contributed by atoms with van der Waals surface area (Å²) in [4.78, 5) is 5.10. The first-order valence-corrected chi connectivity index (χ1v) is 7.08. The van der Waals surface area contributed by atoms with Gasteiger partial charge in [-0.1, -0.05) is 12.1 Å². The zero-order valence-electron chi connectivity index (χ0n) is 10.7. The number of thiazole rings is 1. The van der Waals surface area contributed by atoms with Crippen LogP contribution in [0.1, 0.15) is 22.9 Å². The Labute approximate surface area is 122 Å². The fraction of sp³-hybridized carbons (Fsp3) is 0.214. The number of aliphatic hydroxyl groups excluding tert-OH is 1. The summed E-state index contributed by atoms with van der Waals surface area (Å²) >= 11 is 1.46. The molecule has 110 valence electrons. The van der Waals surface area contributed by atoms with E-state index in [0.29, 0.717) is 5.69 Å². The number of alkyl halides is 3. The second kappa shape index (κ2) is 5.16. The Morgan fingerprint density at radius 1 is 1.33 bits per heavy atom. The van der Waals surface area contributed by atoms with Gasteiger partial charge in [-0.05, 0) is 17.7 Å². The van der Waals surface area contributed by atoms with Gasteiger partial charge in [0, 0.05) is 24.2 Å². The Balaban J connectivity index is 1.81. The minimum Gasteiger partial charge on any atom is -0.388 e. The van der Waals surface area contributed by atoms with Gasteiger partial charge in [0.1, 0.15) is 0 Å². The fourth-order valence-corrected chi connectivity index (χ4v) is 2.83. The molecule has 0 bridgehead atoms. The predicted molar refractivity (Wildman–Crippen MR) is 73.2 cm³/mol. The van der Waals surface area contributed by atoms with Crippen molar-refractivity contribution in [2.45, 2.75) is 18.7 Å².